The van der Waals surface area contributed by atoms with Gasteiger partial charge in [-0.3, -0.25) is 0 Å². The summed E-state index contributed by atoms with van der Waals surface area (Å²) in [7, 11) is 0. The Bertz CT molecular complexity index is 1280. The van der Waals surface area contributed by atoms with E-state index in [1.807, 2.05) is 13.8 Å². The van der Waals surface area contributed by atoms with Gasteiger partial charge < -0.3 is 19.7 Å². The lowest BCUT2D eigenvalue weighted by atomic mass is 9.96. The number of alkyl halides is 6. The number of carboxylic acids is 2. The minimum Gasteiger partial charge on any atom is -0.478 e. The summed E-state index contributed by atoms with van der Waals surface area (Å²) in [6.07, 6.45) is -10.9. The second-order valence-corrected chi connectivity index (χ2v) is 9.23. The SMILES string of the molecule is CCc1cc2c(cc1C)OC(C(F)(F)F)C(C(=O)O)=C2.CCc1cc2c(cc1C)OC(C(F)(F)F)C(C(=O)O)=C2. The van der Waals surface area contributed by atoms with Crippen molar-refractivity contribution in [2.24, 2.45) is 0 Å². The van der Waals surface area contributed by atoms with Gasteiger partial charge in [-0.1, -0.05) is 13.8 Å². The number of hydrogen-bond donors (Lipinski definition) is 2. The Kier molecular flexibility index (Phi) is 8.61. The molecule has 0 saturated heterocycles. The fourth-order valence-corrected chi connectivity index (χ4v) is 4.38. The molecule has 2 atom stereocenters. The number of aliphatic carboxylic acids is 2. The third kappa shape index (κ3) is 6.43. The maximum absolute atomic E-state index is 12.9. The largest absolute Gasteiger partial charge is 0.478 e. The second-order valence-electron chi connectivity index (χ2n) is 9.23. The predicted octanol–water partition coefficient (Wildman–Crippen LogP) is 6.70. The number of ether oxygens (including phenoxy) is 2. The van der Waals surface area contributed by atoms with Crippen LogP contribution in [0.1, 0.15) is 47.2 Å². The summed E-state index contributed by atoms with van der Waals surface area (Å²) in [5.41, 5.74) is 2.67. The molecular weight excluding hydrogens is 546 g/mol. The number of hydrogen-bond acceptors (Lipinski definition) is 4. The van der Waals surface area contributed by atoms with Crippen LogP contribution in [0.2, 0.25) is 0 Å². The summed E-state index contributed by atoms with van der Waals surface area (Å²) < 4.78 is 86.9. The van der Waals surface area contributed by atoms with E-state index in [-0.39, 0.29) is 11.5 Å². The summed E-state index contributed by atoms with van der Waals surface area (Å²) in [4.78, 5) is 22.0. The van der Waals surface area contributed by atoms with Crippen LogP contribution < -0.4 is 9.47 Å². The number of halogens is 6. The van der Waals surface area contributed by atoms with E-state index in [9.17, 15) is 35.9 Å². The zero-order valence-electron chi connectivity index (χ0n) is 21.8. The van der Waals surface area contributed by atoms with Crippen molar-refractivity contribution in [1.82, 2.24) is 0 Å². The van der Waals surface area contributed by atoms with Crippen LogP contribution in [-0.2, 0) is 22.4 Å². The quantitative estimate of drug-likeness (QED) is 0.397. The highest BCUT2D eigenvalue weighted by Crippen LogP contribution is 2.40. The molecule has 40 heavy (non-hydrogen) atoms. The second kappa shape index (κ2) is 11.3. The Morgan fingerprint density at radius 1 is 0.700 bits per heavy atom. The standard InChI is InChI=1S/2C14H13F3O3/c2*1-3-8-5-9-6-10(13(18)19)12(14(15,16)17)20-11(9)4-7(8)2/h2*4-6,12H,3H2,1-2H3,(H,18,19). The molecule has 0 spiro atoms. The smallest absolute Gasteiger partial charge is 0.430 e. The van der Waals surface area contributed by atoms with Gasteiger partial charge in [-0.15, -0.1) is 0 Å². The predicted molar refractivity (Wildman–Crippen MR) is 133 cm³/mol. The molecule has 0 radical (unpaired) electrons. The molecule has 2 aromatic rings. The van der Waals surface area contributed by atoms with Crippen molar-refractivity contribution < 1.29 is 55.6 Å². The molecule has 216 valence electrons. The number of rotatable bonds is 4. The first-order valence-corrected chi connectivity index (χ1v) is 12.1. The van der Waals surface area contributed by atoms with E-state index >= 15 is 0 Å². The van der Waals surface area contributed by atoms with Crippen LogP contribution in [0.25, 0.3) is 12.2 Å². The first-order chi connectivity index (χ1) is 18.5. The third-order valence-corrected chi connectivity index (χ3v) is 6.46. The number of carboxylic acid groups (broad SMARTS) is 2. The van der Waals surface area contributed by atoms with Gasteiger partial charge in [-0.25, -0.2) is 9.59 Å². The van der Waals surface area contributed by atoms with Crippen molar-refractivity contribution in [3.63, 3.8) is 0 Å². The highest BCUT2D eigenvalue weighted by molar-refractivity contribution is 5.95. The lowest BCUT2D eigenvalue weighted by Crippen LogP contribution is -2.40. The van der Waals surface area contributed by atoms with Gasteiger partial charge in [0.2, 0.25) is 12.2 Å². The van der Waals surface area contributed by atoms with Crippen molar-refractivity contribution >= 4 is 24.1 Å². The fraction of sp³-hybridized carbons (Fsp3) is 0.357. The molecule has 12 heteroatoms. The van der Waals surface area contributed by atoms with Crippen LogP contribution >= 0.6 is 0 Å². The Hall–Kier alpha value is -3.96. The normalized spacial score (nSPS) is 18.1. The molecular formula is C28H26F6O6. The maximum atomic E-state index is 12.9. The number of carbonyl (C=O) groups is 2. The molecule has 2 aromatic carbocycles. The average molecular weight is 572 g/mol. The minimum atomic E-state index is -4.76. The highest BCUT2D eigenvalue weighted by atomic mass is 19.4. The monoisotopic (exact) mass is 572 g/mol. The van der Waals surface area contributed by atoms with Crippen LogP contribution in [0.4, 0.5) is 26.3 Å². The van der Waals surface area contributed by atoms with Gasteiger partial charge in [0.05, 0.1) is 11.1 Å². The van der Waals surface area contributed by atoms with Gasteiger partial charge in [-0.05, 0) is 85.4 Å². The summed E-state index contributed by atoms with van der Waals surface area (Å²) in [5, 5.41) is 17.9. The zero-order valence-corrected chi connectivity index (χ0v) is 21.8. The molecule has 2 aliphatic heterocycles. The van der Waals surface area contributed by atoms with Gasteiger partial charge in [0.1, 0.15) is 11.5 Å². The van der Waals surface area contributed by atoms with Crippen LogP contribution in [0.3, 0.4) is 0 Å². The van der Waals surface area contributed by atoms with Gasteiger partial charge >= 0.3 is 24.3 Å². The highest BCUT2D eigenvalue weighted by Gasteiger charge is 2.49. The third-order valence-electron chi connectivity index (χ3n) is 6.46. The molecule has 2 aliphatic rings. The molecule has 2 N–H and O–H groups in total. The van der Waals surface area contributed by atoms with E-state index in [0.29, 0.717) is 24.0 Å². The lowest BCUT2D eigenvalue weighted by molar-refractivity contribution is -0.187. The molecule has 6 nitrogen and oxygen atoms in total. The summed E-state index contributed by atoms with van der Waals surface area (Å²) in [5.74, 6) is -3.13. The van der Waals surface area contributed by atoms with Gasteiger partial charge in [-0.2, -0.15) is 26.3 Å². The van der Waals surface area contributed by atoms with E-state index in [1.54, 1.807) is 26.0 Å². The Morgan fingerprint density at radius 3 is 1.27 bits per heavy atom. The van der Waals surface area contributed by atoms with E-state index < -0.39 is 47.6 Å². The number of fused-ring (bicyclic) bond motifs is 2. The fourth-order valence-electron chi connectivity index (χ4n) is 4.38. The van der Waals surface area contributed by atoms with Crippen molar-refractivity contribution in [2.75, 3.05) is 0 Å². The first-order valence-electron chi connectivity index (χ1n) is 12.1. The van der Waals surface area contributed by atoms with Gasteiger partial charge in [0.25, 0.3) is 0 Å². The van der Waals surface area contributed by atoms with Crippen LogP contribution in [0.15, 0.2) is 35.4 Å². The summed E-state index contributed by atoms with van der Waals surface area (Å²) in [6, 6.07) is 6.37. The number of aryl methyl sites for hydroxylation is 4. The van der Waals surface area contributed by atoms with Crippen LogP contribution in [-0.4, -0.2) is 46.7 Å². The van der Waals surface area contributed by atoms with E-state index in [2.05, 4.69) is 0 Å². The van der Waals surface area contributed by atoms with E-state index in [4.69, 9.17) is 19.7 Å². The molecule has 2 unspecified atom stereocenters. The minimum absolute atomic E-state index is 0.0621. The van der Waals surface area contributed by atoms with Crippen LogP contribution in [0, 0.1) is 13.8 Å². The zero-order chi connectivity index (χ0) is 30.2. The van der Waals surface area contributed by atoms with Crippen molar-refractivity contribution in [3.8, 4) is 11.5 Å². The Labute approximate surface area is 225 Å². The summed E-state index contributed by atoms with van der Waals surface area (Å²) in [6.45, 7) is 7.39. The molecule has 2 heterocycles. The molecule has 4 rings (SSSR count). The molecule has 0 amide bonds. The topological polar surface area (TPSA) is 93.1 Å². The molecule has 0 saturated carbocycles. The van der Waals surface area contributed by atoms with Gasteiger partial charge in [0, 0.05) is 11.1 Å². The molecule has 0 fully saturated rings. The van der Waals surface area contributed by atoms with Crippen molar-refractivity contribution in [3.05, 3.63) is 68.8 Å². The van der Waals surface area contributed by atoms with Crippen molar-refractivity contribution in [2.45, 2.75) is 65.1 Å². The van der Waals surface area contributed by atoms with Crippen molar-refractivity contribution in [1.29, 1.82) is 0 Å². The average Bonchev–Trinajstić information content (AvgIpc) is 2.85. The maximum Gasteiger partial charge on any atom is 0.430 e. The Morgan fingerprint density at radius 2 is 1.02 bits per heavy atom. The van der Waals surface area contributed by atoms with E-state index in [1.165, 1.54) is 12.1 Å². The number of benzene rings is 2. The lowest BCUT2D eigenvalue weighted by Gasteiger charge is -2.27. The molecule has 0 aliphatic carbocycles. The van der Waals surface area contributed by atoms with Gasteiger partial charge in [0.15, 0.2) is 0 Å². The van der Waals surface area contributed by atoms with E-state index in [0.717, 1.165) is 34.4 Å². The first kappa shape index (κ1) is 30.6. The molecule has 0 aromatic heterocycles. The van der Waals surface area contributed by atoms with Crippen LogP contribution in [0.5, 0.6) is 11.5 Å². The Balaban J connectivity index is 0.000000220. The summed E-state index contributed by atoms with van der Waals surface area (Å²) >= 11 is 0. The molecule has 0 bridgehead atoms.